The summed E-state index contributed by atoms with van der Waals surface area (Å²) in [4.78, 5) is 13.5. The SMILES string of the molecule is CCCCN1C(=O)C(N)c2cc(F)ccc21. The lowest BCUT2D eigenvalue weighted by Crippen LogP contribution is -2.32. The van der Waals surface area contributed by atoms with E-state index < -0.39 is 6.04 Å². The molecule has 1 aliphatic rings. The molecule has 0 spiro atoms. The highest BCUT2D eigenvalue weighted by Crippen LogP contribution is 2.34. The average Bonchev–Trinajstić information content (AvgIpc) is 2.50. The van der Waals surface area contributed by atoms with Crippen molar-refractivity contribution in [2.45, 2.75) is 25.8 Å². The molecule has 3 nitrogen and oxygen atoms in total. The van der Waals surface area contributed by atoms with Crippen molar-refractivity contribution >= 4 is 11.6 Å². The summed E-state index contributed by atoms with van der Waals surface area (Å²) in [6.07, 6.45) is 1.94. The second-order valence-corrected chi connectivity index (χ2v) is 4.02. The predicted molar refractivity (Wildman–Crippen MR) is 60.6 cm³/mol. The number of hydrogen-bond acceptors (Lipinski definition) is 2. The minimum absolute atomic E-state index is 0.131. The molecular formula is C12H15FN2O. The Morgan fingerprint density at radius 2 is 2.25 bits per heavy atom. The van der Waals surface area contributed by atoms with E-state index in [4.69, 9.17) is 5.73 Å². The van der Waals surface area contributed by atoms with Gasteiger partial charge in [-0.25, -0.2) is 4.39 Å². The molecule has 0 fully saturated rings. The van der Waals surface area contributed by atoms with Gasteiger partial charge in [0.15, 0.2) is 0 Å². The molecule has 1 atom stereocenters. The Morgan fingerprint density at radius 1 is 1.50 bits per heavy atom. The highest BCUT2D eigenvalue weighted by molar-refractivity contribution is 6.04. The van der Waals surface area contributed by atoms with Gasteiger partial charge in [-0.2, -0.15) is 0 Å². The smallest absolute Gasteiger partial charge is 0.248 e. The first-order valence-electron chi connectivity index (χ1n) is 5.51. The number of unbranched alkanes of at least 4 members (excludes halogenated alkanes) is 1. The molecule has 16 heavy (non-hydrogen) atoms. The summed E-state index contributed by atoms with van der Waals surface area (Å²) in [6, 6.07) is 3.64. The first-order chi connectivity index (χ1) is 7.65. The summed E-state index contributed by atoms with van der Waals surface area (Å²) in [5.74, 6) is -0.478. The van der Waals surface area contributed by atoms with Gasteiger partial charge in [0.25, 0.3) is 0 Å². The monoisotopic (exact) mass is 222 g/mol. The van der Waals surface area contributed by atoms with Gasteiger partial charge >= 0.3 is 0 Å². The predicted octanol–water partition coefficient (Wildman–Crippen LogP) is 1.97. The molecule has 86 valence electrons. The highest BCUT2D eigenvalue weighted by Gasteiger charge is 2.34. The van der Waals surface area contributed by atoms with E-state index in [1.54, 1.807) is 11.0 Å². The highest BCUT2D eigenvalue weighted by atomic mass is 19.1. The van der Waals surface area contributed by atoms with Crippen LogP contribution >= 0.6 is 0 Å². The summed E-state index contributed by atoms with van der Waals surface area (Å²) < 4.78 is 13.1. The van der Waals surface area contributed by atoms with Crippen LogP contribution in [0.4, 0.5) is 10.1 Å². The molecule has 1 heterocycles. The number of benzene rings is 1. The van der Waals surface area contributed by atoms with Crippen molar-refractivity contribution in [1.82, 2.24) is 0 Å². The van der Waals surface area contributed by atoms with Crippen molar-refractivity contribution in [3.8, 4) is 0 Å². The van der Waals surface area contributed by atoms with Gasteiger partial charge in [-0.05, 0) is 24.6 Å². The van der Waals surface area contributed by atoms with Crippen LogP contribution in [0.1, 0.15) is 31.4 Å². The molecule has 1 aliphatic heterocycles. The van der Waals surface area contributed by atoms with E-state index in [0.29, 0.717) is 12.1 Å². The van der Waals surface area contributed by atoms with Crippen LogP contribution in [0.5, 0.6) is 0 Å². The summed E-state index contributed by atoms with van der Waals surface area (Å²) in [5, 5.41) is 0. The average molecular weight is 222 g/mol. The van der Waals surface area contributed by atoms with E-state index in [-0.39, 0.29) is 11.7 Å². The Morgan fingerprint density at radius 3 is 2.94 bits per heavy atom. The summed E-state index contributed by atoms with van der Waals surface area (Å²) in [7, 11) is 0. The van der Waals surface area contributed by atoms with Crippen LogP contribution in [0.15, 0.2) is 18.2 Å². The Labute approximate surface area is 94.0 Å². The van der Waals surface area contributed by atoms with Gasteiger partial charge in [0.05, 0.1) is 0 Å². The second kappa shape index (κ2) is 4.22. The van der Waals surface area contributed by atoms with E-state index in [1.807, 2.05) is 0 Å². The molecule has 0 saturated carbocycles. The molecule has 0 aliphatic carbocycles. The number of rotatable bonds is 3. The molecule has 1 aromatic carbocycles. The fourth-order valence-electron chi connectivity index (χ4n) is 1.99. The molecule has 1 aromatic rings. The standard InChI is InChI=1S/C12H15FN2O/c1-2-3-6-15-10-5-4-8(13)7-9(10)11(14)12(15)16/h4-5,7,11H,2-3,6,14H2,1H3. The fraction of sp³-hybridized carbons (Fsp3) is 0.417. The van der Waals surface area contributed by atoms with E-state index >= 15 is 0 Å². The van der Waals surface area contributed by atoms with E-state index in [0.717, 1.165) is 18.5 Å². The molecule has 4 heteroatoms. The molecule has 0 bridgehead atoms. The van der Waals surface area contributed by atoms with Crippen molar-refractivity contribution in [1.29, 1.82) is 0 Å². The van der Waals surface area contributed by atoms with E-state index in [9.17, 15) is 9.18 Å². The number of halogens is 1. The number of carbonyl (C=O) groups excluding carboxylic acids is 1. The van der Waals surface area contributed by atoms with E-state index in [1.165, 1.54) is 12.1 Å². The lowest BCUT2D eigenvalue weighted by Gasteiger charge is -2.16. The zero-order valence-corrected chi connectivity index (χ0v) is 9.24. The number of amides is 1. The largest absolute Gasteiger partial charge is 0.316 e. The van der Waals surface area contributed by atoms with Crippen molar-refractivity contribution in [3.05, 3.63) is 29.6 Å². The lowest BCUT2D eigenvalue weighted by atomic mass is 10.1. The molecule has 1 amide bonds. The number of fused-ring (bicyclic) bond motifs is 1. The van der Waals surface area contributed by atoms with Crippen LogP contribution in [-0.2, 0) is 4.79 Å². The van der Waals surface area contributed by atoms with Crippen molar-refractivity contribution in [2.75, 3.05) is 11.4 Å². The van der Waals surface area contributed by atoms with Gasteiger partial charge in [-0.3, -0.25) is 4.79 Å². The van der Waals surface area contributed by atoms with Gasteiger partial charge in [-0.15, -0.1) is 0 Å². The third-order valence-electron chi connectivity index (χ3n) is 2.88. The van der Waals surface area contributed by atoms with Gasteiger partial charge < -0.3 is 10.6 Å². The van der Waals surface area contributed by atoms with Gasteiger partial charge in [0.1, 0.15) is 11.9 Å². The quantitative estimate of drug-likeness (QED) is 0.849. The normalized spacial score (nSPS) is 19.1. The summed E-state index contributed by atoms with van der Waals surface area (Å²) in [5.41, 5.74) is 7.12. The maximum Gasteiger partial charge on any atom is 0.248 e. The molecule has 2 rings (SSSR count). The Balaban J connectivity index is 2.34. The Kier molecular flexibility index (Phi) is 2.92. The van der Waals surface area contributed by atoms with Crippen molar-refractivity contribution in [3.63, 3.8) is 0 Å². The maximum atomic E-state index is 13.1. The molecule has 2 N–H and O–H groups in total. The fourth-order valence-corrected chi connectivity index (χ4v) is 1.99. The molecule has 0 saturated heterocycles. The summed E-state index contributed by atoms with van der Waals surface area (Å²) >= 11 is 0. The zero-order valence-electron chi connectivity index (χ0n) is 9.24. The number of nitrogens with two attached hydrogens (primary N) is 1. The first kappa shape index (κ1) is 11.1. The maximum absolute atomic E-state index is 13.1. The number of hydrogen-bond donors (Lipinski definition) is 1. The molecule has 0 radical (unpaired) electrons. The third-order valence-corrected chi connectivity index (χ3v) is 2.88. The minimum atomic E-state index is -0.706. The first-order valence-corrected chi connectivity index (χ1v) is 5.51. The number of anilines is 1. The Hall–Kier alpha value is -1.42. The van der Waals surface area contributed by atoms with Crippen molar-refractivity contribution in [2.24, 2.45) is 5.73 Å². The molecule has 1 unspecified atom stereocenters. The van der Waals surface area contributed by atoms with Crippen LogP contribution in [-0.4, -0.2) is 12.5 Å². The van der Waals surface area contributed by atoms with Crippen LogP contribution in [0.25, 0.3) is 0 Å². The van der Waals surface area contributed by atoms with Crippen LogP contribution in [0, 0.1) is 5.82 Å². The van der Waals surface area contributed by atoms with Crippen LogP contribution < -0.4 is 10.6 Å². The van der Waals surface area contributed by atoms with Crippen molar-refractivity contribution < 1.29 is 9.18 Å². The van der Waals surface area contributed by atoms with E-state index in [2.05, 4.69) is 6.92 Å². The topological polar surface area (TPSA) is 46.3 Å². The Bertz CT molecular complexity index is 419. The van der Waals surface area contributed by atoms with Crippen LogP contribution in [0.3, 0.4) is 0 Å². The van der Waals surface area contributed by atoms with Gasteiger partial charge in [0, 0.05) is 17.8 Å². The van der Waals surface area contributed by atoms with Gasteiger partial charge in [0.2, 0.25) is 5.91 Å². The minimum Gasteiger partial charge on any atom is -0.316 e. The third kappa shape index (κ3) is 1.69. The molecule has 0 aromatic heterocycles. The number of carbonyl (C=O) groups is 1. The number of nitrogens with zero attached hydrogens (tertiary/aromatic N) is 1. The summed E-state index contributed by atoms with van der Waals surface area (Å²) in [6.45, 7) is 2.72. The molecular weight excluding hydrogens is 207 g/mol. The second-order valence-electron chi connectivity index (χ2n) is 4.02. The van der Waals surface area contributed by atoms with Crippen LogP contribution in [0.2, 0.25) is 0 Å². The van der Waals surface area contributed by atoms with Gasteiger partial charge in [-0.1, -0.05) is 13.3 Å². The zero-order chi connectivity index (χ0) is 11.7. The lowest BCUT2D eigenvalue weighted by molar-refractivity contribution is -0.119.